The van der Waals surface area contributed by atoms with Gasteiger partial charge in [-0.3, -0.25) is 4.57 Å². The van der Waals surface area contributed by atoms with E-state index in [1.807, 2.05) is 28.8 Å². The van der Waals surface area contributed by atoms with E-state index in [0.29, 0.717) is 20.9 Å². The molecular weight excluding hydrogens is 338 g/mol. The van der Waals surface area contributed by atoms with Crippen LogP contribution >= 0.6 is 46.4 Å². The Morgan fingerprint density at radius 1 is 1.05 bits per heavy atom. The van der Waals surface area contributed by atoms with Gasteiger partial charge in [0.25, 0.3) is 0 Å². The Morgan fingerprint density at radius 3 is 2.60 bits per heavy atom. The zero-order valence-corrected chi connectivity index (χ0v) is 13.1. The number of hydrogen-bond donors (Lipinski definition) is 0. The molecule has 0 radical (unpaired) electrons. The Morgan fingerprint density at radius 2 is 1.85 bits per heavy atom. The summed E-state index contributed by atoms with van der Waals surface area (Å²) in [6.45, 7) is 0. The first-order valence-corrected chi connectivity index (χ1v) is 7.46. The molecule has 0 N–H and O–H groups in total. The largest absolute Gasteiger partial charge is 0.294 e. The number of benzene rings is 2. The number of nitrogens with zero attached hydrogens (tertiary/aromatic N) is 2. The summed E-state index contributed by atoms with van der Waals surface area (Å²) in [6, 6.07) is 10.9. The molecule has 0 aliphatic heterocycles. The van der Waals surface area contributed by atoms with Crippen molar-refractivity contribution in [3.8, 4) is 5.69 Å². The van der Waals surface area contributed by atoms with Gasteiger partial charge in [-0.2, -0.15) is 0 Å². The van der Waals surface area contributed by atoms with Crippen LogP contribution < -0.4 is 0 Å². The summed E-state index contributed by atoms with van der Waals surface area (Å²) in [5.41, 5.74) is 2.39. The quantitative estimate of drug-likeness (QED) is 0.543. The van der Waals surface area contributed by atoms with Crippen LogP contribution in [-0.2, 0) is 5.88 Å². The van der Waals surface area contributed by atoms with Gasteiger partial charge in [0.1, 0.15) is 5.82 Å². The van der Waals surface area contributed by atoms with Crippen LogP contribution in [0.1, 0.15) is 5.82 Å². The average molecular weight is 346 g/mol. The molecule has 0 aliphatic carbocycles. The van der Waals surface area contributed by atoms with E-state index in [2.05, 4.69) is 4.98 Å². The fraction of sp³-hybridized carbons (Fsp3) is 0.0714. The van der Waals surface area contributed by atoms with Gasteiger partial charge < -0.3 is 0 Å². The van der Waals surface area contributed by atoms with E-state index in [0.717, 1.165) is 16.7 Å². The van der Waals surface area contributed by atoms with Crippen molar-refractivity contribution in [3.05, 3.63) is 57.3 Å². The fourth-order valence-electron chi connectivity index (χ4n) is 2.12. The minimum absolute atomic E-state index is 0.259. The van der Waals surface area contributed by atoms with Crippen LogP contribution in [0.15, 0.2) is 36.4 Å². The Balaban J connectivity index is 2.39. The molecule has 2 nitrogen and oxygen atoms in total. The summed E-state index contributed by atoms with van der Waals surface area (Å²) in [4.78, 5) is 4.49. The van der Waals surface area contributed by atoms with Gasteiger partial charge in [-0.25, -0.2) is 4.98 Å². The monoisotopic (exact) mass is 344 g/mol. The second-order valence-electron chi connectivity index (χ2n) is 4.20. The average Bonchev–Trinajstić information content (AvgIpc) is 2.79. The zero-order chi connectivity index (χ0) is 14.3. The van der Waals surface area contributed by atoms with E-state index in [1.165, 1.54) is 0 Å². The number of alkyl halides is 1. The van der Waals surface area contributed by atoms with Gasteiger partial charge in [-0.15, -0.1) is 11.6 Å². The number of rotatable bonds is 2. The molecule has 0 amide bonds. The van der Waals surface area contributed by atoms with Crippen molar-refractivity contribution in [2.45, 2.75) is 5.88 Å². The maximum Gasteiger partial charge on any atom is 0.129 e. The van der Waals surface area contributed by atoms with E-state index in [9.17, 15) is 0 Å². The molecule has 3 rings (SSSR count). The maximum atomic E-state index is 6.30. The van der Waals surface area contributed by atoms with Crippen molar-refractivity contribution in [1.29, 1.82) is 0 Å². The van der Waals surface area contributed by atoms with Crippen LogP contribution in [0.5, 0.6) is 0 Å². The first kappa shape index (κ1) is 14.0. The van der Waals surface area contributed by atoms with Crippen LogP contribution in [0.25, 0.3) is 16.7 Å². The maximum absolute atomic E-state index is 6.30. The SMILES string of the molecule is ClCc1nc2ccc(Cl)cc2n1-c1cccc(Cl)c1Cl. The lowest BCUT2D eigenvalue weighted by atomic mass is 10.2. The smallest absolute Gasteiger partial charge is 0.129 e. The number of aromatic nitrogens is 2. The Bertz CT molecular complexity index is 795. The van der Waals surface area contributed by atoms with Crippen LogP contribution in [0.2, 0.25) is 15.1 Å². The van der Waals surface area contributed by atoms with Gasteiger partial charge in [0.2, 0.25) is 0 Å². The lowest BCUT2D eigenvalue weighted by molar-refractivity contribution is 0.982. The summed E-state index contributed by atoms with van der Waals surface area (Å²) in [5, 5.41) is 1.56. The van der Waals surface area contributed by atoms with Crippen molar-refractivity contribution in [2.24, 2.45) is 0 Å². The molecule has 0 fully saturated rings. The highest BCUT2D eigenvalue weighted by molar-refractivity contribution is 6.43. The molecule has 1 heterocycles. The molecule has 2 aromatic carbocycles. The van der Waals surface area contributed by atoms with E-state index < -0.39 is 0 Å². The molecule has 0 atom stereocenters. The van der Waals surface area contributed by atoms with Crippen molar-refractivity contribution in [1.82, 2.24) is 9.55 Å². The summed E-state index contributed by atoms with van der Waals surface area (Å²) < 4.78 is 1.88. The third-order valence-electron chi connectivity index (χ3n) is 2.98. The van der Waals surface area contributed by atoms with E-state index in [4.69, 9.17) is 46.4 Å². The van der Waals surface area contributed by atoms with Crippen molar-refractivity contribution in [3.63, 3.8) is 0 Å². The molecular formula is C14H8Cl4N2. The Labute approximate surface area is 135 Å². The Kier molecular flexibility index (Phi) is 3.83. The standard InChI is InChI=1S/C14H8Cl4N2/c15-7-13-19-10-5-4-8(16)6-12(10)20(13)11-3-1-2-9(17)14(11)18/h1-6H,7H2. The molecule has 1 aromatic heterocycles. The van der Waals surface area contributed by atoms with Crippen LogP contribution in [0.3, 0.4) is 0 Å². The van der Waals surface area contributed by atoms with Gasteiger partial charge in [0, 0.05) is 5.02 Å². The minimum atomic E-state index is 0.259. The summed E-state index contributed by atoms with van der Waals surface area (Å²) in [7, 11) is 0. The van der Waals surface area contributed by atoms with Gasteiger partial charge in [-0.1, -0.05) is 40.9 Å². The summed E-state index contributed by atoms with van der Waals surface area (Å²) in [5.74, 6) is 0.947. The van der Waals surface area contributed by atoms with E-state index >= 15 is 0 Å². The third-order valence-corrected chi connectivity index (χ3v) is 4.26. The molecule has 0 saturated carbocycles. The molecule has 0 bridgehead atoms. The summed E-state index contributed by atoms with van der Waals surface area (Å²) in [6.07, 6.45) is 0. The van der Waals surface area contributed by atoms with Crippen LogP contribution in [0.4, 0.5) is 0 Å². The van der Waals surface area contributed by atoms with Crippen molar-refractivity contribution in [2.75, 3.05) is 0 Å². The van der Waals surface area contributed by atoms with Gasteiger partial charge in [0.05, 0.1) is 32.6 Å². The van der Waals surface area contributed by atoms with E-state index in [-0.39, 0.29) is 5.88 Å². The molecule has 102 valence electrons. The molecule has 0 saturated heterocycles. The van der Waals surface area contributed by atoms with Crippen molar-refractivity contribution < 1.29 is 0 Å². The summed E-state index contributed by atoms with van der Waals surface area (Å²) >= 11 is 24.4. The van der Waals surface area contributed by atoms with Gasteiger partial charge >= 0.3 is 0 Å². The van der Waals surface area contributed by atoms with Crippen LogP contribution in [0, 0.1) is 0 Å². The lowest BCUT2D eigenvalue weighted by Gasteiger charge is -2.10. The molecule has 0 spiro atoms. The molecule has 6 heteroatoms. The highest BCUT2D eigenvalue weighted by Gasteiger charge is 2.15. The second-order valence-corrected chi connectivity index (χ2v) is 5.69. The topological polar surface area (TPSA) is 17.8 Å². The van der Waals surface area contributed by atoms with Crippen LogP contribution in [-0.4, -0.2) is 9.55 Å². The molecule has 20 heavy (non-hydrogen) atoms. The number of fused-ring (bicyclic) bond motifs is 1. The highest BCUT2D eigenvalue weighted by atomic mass is 35.5. The fourth-order valence-corrected chi connectivity index (χ4v) is 2.85. The molecule has 0 unspecified atom stereocenters. The second kappa shape index (κ2) is 5.45. The van der Waals surface area contributed by atoms with E-state index in [1.54, 1.807) is 12.1 Å². The number of hydrogen-bond acceptors (Lipinski definition) is 1. The predicted octanol–water partition coefficient (Wildman–Crippen LogP) is 5.72. The first-order valence-electron chi connectivity index (χ1n) is 5.79. The number of imidazole rings is 1. The Hall–Kier alpha value is -0.930. The highest BCUT2D eigenvalue weighted by Crippen LogP contribution is 2.33. The first-order chi connectivity index (χ1) is 9.61. The number of halogens is 4. The minimum Gasteiger partial charge on any atom is -0.294 e. The molecule has 3 aromatic rings. The zero-order valence-electron chi connectivity index (χ0n) is 10.1. The van der Waals surface area contributed by atoms with Crippen molar-refractivity contribution >= 4 is 57.4 Å². The lowest BCUT2D eigenvalue weighted by Crippen LogP contribution is -2.00. The van der Waals surface area contributed by atoms with Gasteiger partial charge in [0.15, 0.2) is 0 Å². The normalized spacial score (nSPS) is 11.2. The molecule has 0 aliphatic rings. The third kappa shape index (κ3) is 2.27. The predicted molar refractivity (Wildman–Crippen MR) is 85.7 cm³/mol. The van der Waals surface area contributed by atoms with Gasteiger partial charge in [-0.05, 0) is 30.3 Å².